The summed E-state index contributed by atoms with van der Waals surface area (Å²) < 4.78 is 5.38. The van der Waals surface area contributed by atoms with Gasteiger partial charge in [0.25, 0.3) is 0 Å². The van der Waals surface area contributed by atoms with E-state index in [0.29, 0.717) is 0 Å². The molecular weight excluding hydrogens is 258 g/mol. The Morgan fingerprint density at radius 2 is 1.67 bits per heavy atom. The molecule has 2 heteroatoms. The molecule has 0 saturated heterocycles. The summed E-state index contributed by atoms with van der Waals surface area (Å²) in [5.74, 6) is 0.974. The van der Waals surface area contributed by atoms with Gasteiger partial charge in [0, 0.05) is 6.54 Å². The van der Waals surface area contributed by atoms with Gasteiger partial charge < -0.3 is 10.1 Å². The second kappa shape index (κ2) is 7.28. The average Bonchev–Trinajstić information content (AvgIpc) is 2.45. The fourth-order valence-electron chi connectivity index (χ4n) is 2.83. The number of para-hydroxylation sites is 1. The Hall–Kier alpha value is -1.80. The molecule has 0 spiro atoms. The zero-order chi connectivity index (χ0) is 15.2. The minimum Gasteiger partial charge on any atom is -0.496 e. The summed E-state index contributed by atoms with van der Waals surface area (Å²) in [6.45, 7) is 8.41. The third kappa shape index (κ3) is 4.08. The van der Waals surface area contributed by atoms with E-state index in [2.05, 4.69) is 50.4 Å². The summed E-state index contributed by atoms with van der Waals surface area (Å²) in [5.41, 5.74) is 6.75. The molecule has 0 aliphatic heterocycles. The second-order valence-corrected chi connectivity index (χ2v) is 5.62. The molecule has 0 unspecified atom stereocenters. The predicted octanol–water partition coefficient (Wildman–Crippen LogP) is 3.95. The lowest BCUT2D eigenvalue weighted by Crippen LogP contribution is -2.18. The zero-order valence-corrected chi connectivity index (χ0v) is 13.5. The van der Waals surface area contributed by atoms with Crippen LogP contribution in [0, 0.1) is 20.8 Å². The first-order valence-corrected chi connectivity index (χ1v) is 7.51. The first-order chi connectivity index (χ1) is 10.1. The zero-order valence-electron chi connectivity index (χ0n) is 13.5. The van der Waals surface area contributed by atoms with Crippen molar-refractivity contribution in [3.8, 4) is 5.75 Å². The molecule has 0 atom stereocenters. The minimum atomic E-state index is 0.924. The molecule has 0 aromatic heterocycles. The molecule has 0 heterocycles. The number of nitrogens with one attached hydrogen (secondary N) is 1. The van der Waals surface area contributed by atoms with Crippen molar-refractivity contribution in [1.82, 2.24) is 5.32 Å². The van der Waals surface area contributed by atoms with E-state index in [1.165, 1.54) is 27.8 Å². The van der Waals surface area contributed by atoms with E-state index in [1.54, 1.807) is 7.11 Å². The molecule has 0 aliphatic rings. The van der Waals surface area contributed by atoms with Crippen LogP contribution in [0.2, 0.25) is 0 Å². The second-order valence-electron chi connectivity index (χ2n) is 5.62. The van der Waals surface area contributed by atoms with Crippen LogP contribution in [0.5, 0.6) is 5.75 Å². The number of hydrogen-bond donors (Lipinski definition) is 1. The molecule has 2 nitrogen and oxygen atoms in total. The lowest BCUT2D eigenvalue weighted by atomic mass is 10.00. The van der Waals surface area contributed by atoms with Gasteiger partial charge in [-0.3, -0.25) is 0 Å². The van der Waals surface area contributed by atoms with E-state index in [0.717, 1.165) is 25.3 Å². The van der Waals surface area contributed by atoms with Gasteiger partial charge in [0.1, 0.15) is 5.75 Å². The van der Waals surface area contributed by atoms with Crippen molar-refractivity contribution in [3.05, 3.63) is 64.2 Å². The number of hydrogen-bond acceptors (Lipinski definition) is 2. The van der Waals surface area contributed by atoms with Crippen molar-refractivity contribution in [2.75, 3.05) is 13.7 Å². The Labute approximate surface area is 128 Å². The maximum Gasteiger partial charge on any atom is 0.122 e. The fourth-order valence-corrected chi connectivity index (χ4v) is 2.83. The van der Waals surface area contributed by atoms with Gasteiger partial charge in [-0.05, 0) is 62.1 Å². The van der Waals surface area contributed by atoms with Crippen LogP contribution in [0.15, 0.2) is 36.4 Å². The highest BCUT2D eigenvalue weighted by atomic mass is 16.5. The van der Waals surface area contributed by atoms with E-state index >= 15 is 0 Å². The SMILES string of the molecule is COc1ccccc1CCNCc1c(C)cc(C)cc1C. The standard InChI is InChI=1S/C19H25NO/c1-14-11-15(2)18(16(3)12-14)13-20-10-9-17-7-5-6-8-19(17)21-4/h5-8,11-12,20H,9-10,13H2,1-4H3. The lowest BCUT2D eigenvalue weighted by Gasteiger charge is -2.13. The molecule has 2 aromatic carbocycles. The van der Waals surface area contributed by atoms with Gasteiger partial charge in [0.05, 0.1) is 7.11 Å². The van der Waals surface area contributed by atoms with Crippen molar-refractivity contribution in [3.63, 3.8) is 0 Å². The quantitative estimate of drug-likeness (QED) is 0.810. The molecule has 1 N–H and O–H groups in total. The summed E-state index contributed by atoms with van der Waals surface area (Å²) >= 11 is 0. The summed E-state index contributed by atoms with van der Waals surface area (Å²) in [6, 6.07) is 12.7. The first kappa shape index (κ1) is 15.6. The first-order valence-electron chi connectivity index (χ1n) is 7.51. The van der Waals surface area contributed by atoms with E-state index in [9.17, 15) is 0 Å². The molecule has 0 radical (unpaired) electrons. The normalized spacial score (nSPS) is 10.7. The largest absolute Gasteiger partial charge is 0.496 e. The lowest BCUT2D eigenvalue weighted by molar-refractivity contribution is 0.409. The minimum absolute atomic E-state index is 0.924. The van der Waals surface area contributed by atoms with E-state index < -0.39 is 0 Å². The molecule has 21 heavy (non-hydrogen) atoms. The molecule has 112 valence electrons. The Kier molecular flexibility index (Phi) is 5.40. The van der Waals surface area contributed by atoms with Crippen LogP contribution >= 0.6 is 0 Å². The third-order valence-electron chi connectivity index (χ3n) is 3.91. The average molecular weight is 283 g/mol. The Morgan fingerprint density at radius 1 is 1.00 bits per heavy atom. The summed E-state index contributed by atoms with van der Waals surface area (Å²) in [5, 5.41) is 3.55. The van der Waals surface area contributed by atoms with Gasteiger partial charge in [-0.15, -0.1) is 0 Å². The van der Waals surface area contributed by atoms with Crippen molar-refractivity contribution >= 4 is 0 Å². The Balaban J connectivity index is 1.91. The topological polar surface area (TPSA) is 21.3 Å². The van der Waals surface area contributed by atoms with Crippen molar-refractivity contribution < 1.29 is 4.74 Å². The molecule has 0 bridgehead atoms. The van der Waals surface area contributed by atoms with Gasteiger partial charge in [-0.2, -0.15) is 0 Å². The van der Waals surface area contributed by atoms with Gasteiger partial charge in [-0.1, -0.05) is 35.9 Å². The Bertz CT molecular complexity index is 581. The number of rotatable bonds is 6. The van der Waals surface area contributed by atoms with Crippen molar-refractivity contribution in [1.29, 1.82) is 0 Å². The maximum atomic E-state index is 5.38. The molecular formula is C19H25NO. The van der Waals surface area contributed by atoms with E-state index in [1.807, 2.05) is 12.1 Å². The highest BCUT2D eigenvalue weighted by Gasteiger charge is 2.04. The van der Waals surface area contributed by atoms with Crippen LogP contribution in [0.25, 0.3) is 0 Å². The van der Waals surface area contributed by atoms with Crippen molar-refractivity contribution in [2.24, 2.45) is 0 Å². The van der Waals surface area contributed by atoms with Crippen LogP contribution in [0.3, 0.4) is 0 Å². The third-order valence-corrected chi connectivity index (χ3v) is 3.91. The van der Waals surface area contributed by atoms with E-state index in [4.69, 9.17) is 4.74 Å². The van der Waals surface area contributed by atoms with Gasteiger partial charge in [0.2, 0.25) is 0 Å². The molecule has 2 aromatic rings. The smallest absolute Gasteiger partial charge is 0.122 e. The number of aryl methyl sites for hydroxylation is 3. The fraction of sp³-hybridized carbons (Fsp3) is 0.368. The van der Waals surface area contributed by atoms with Crippen LogP contribution in [-0.2, 0) is 13.0 Å². The Morgan fingerprint density at radius 3 is 2.33 bits per heavy atom. The van der Waals surface area contributed by atoms with Crippen LogP contribution in [-0.4, -0.2) is 13.7 Å². The monoisotopic (exact) mass is 283 g/mol. The van der Waals surface area contributed by atoms with Gasteiger partial charge >= 0.3 is 0 Å². The van der Waals surface area contributed by atoms with Gasteiger partial charge in [-0.25, -0.2) is 0 Å². The molecule has 0 fully saturated rings. The van der Waals surface area contributed by atoms with Crippen LogP contribution in [0.4, 0.5) is 0 Å². The molecule has 0 aliphatic carbocycles. The summed E-state index contributed by atoms with van der Waals surface area (Å²) in [7, 11) is 1.73. The number of benzene rings is 2. The number of ether oxygens (including phenoxy) is 1. The van der Waals surface area contributed by atoms with E-state index in [-0.39, 0.29) is 0 Å². The molecule has 0 saturated carbocycles. The highest BCUT2D eigenvalue weighted by molar-refractivity contribution is 5.37. The maximum absolute atomic E-state index is 5.38. The summed E-state index contributed by atoms with van der Waals surface area (Å²) in [4.78, 5) is 0. The summed E-state index contributed by atoms with van der Waals surface area (Å²) in [6.07, 6.45) is 0.980. The van der Waals surface area contributed by atoms with Crippen LogP contribution < -0.4 is 10.1 Å². The predicted molar refractivity (Wildman–Crippen MR) is 89.1 cm³/mol. The number of methoxy groups -OCH3 is 1. The van der Waals surface area contributed by atoms with Gasteiger partial charge in [0.15, 0.2) is 0 Å². The van der Waals surface area contributed by atoms with Crippen LogP contribution in [0.1, 0.15) is 27.8 Å². The molecule has 0 amide bonds. The van der Waals surface area contributed by atoms with Crippen molar-refractivity contribution in [2.45, 2.75) is 33.7 Å². The highest BCUT2D eigenvalue weighted by Crippen LogP contribution is 2.18. The molecule has 2 rings (SSSR count).